The van der Waals surface area contributed by atoms with Gasteiger partial charge in [-0.25, -0.2) is 9.07 Å². The number of H-pyrrole nitrogens is 1. The van der Waals surface area contributed by atoms with Gasteiger partial charge in [0.05, 0.1) is 11.6 Å². The van der Waals surface area contributed by atoms with Gasteiger partial charge in [0.15, 0.2) is 0 Å². The zero-order valence-corrected chi connectivity index (χ0v) is 12.5. The molecule has 3 nitrogen and oxygen atoms in total. The Hall–Kier alpha value is -2.62. The van der Waals surface area contributed by atoms with Crippen LogP contribution in [-0.4, -0.2) is 9.78 Å². The van der Waals surface area contributed by atoms with Gasteiger partial charge in [-0.2, -0.15) is 0 Å². The lowest BCUT2D eigenvalue weighted by atomic mass is 10.1. The van der Waals surface area contributed by atoms with Crippen LogP contribution in [0.3, 0.4) is 0 Å². The van der Waals surface area contributed by atoms with Crippen LogP contribution in [0, 0.1) is 12.7 Å². The number of nitrogens with zero attached hydrogens (tertiary/aromatic N) is 1. The molecule has 2 aromatic carbocycles. The number of aromatic amines is 1. The molecule has 0 aliphatic carbocycles. The van der Waals surface area contributed by atoms with Crippen molar-refractivity contribution >= 4 is 0 Å². The van der Waals surface area contributed by atoms with E-state index in [-0.39, 0.29) is 17.4 Å². The van der Waals surface area contributed by atoms with E-state index in [1.165, 1.54) is 12.1 Å². The quantitative estimate of drug-likeness (QED) is 0.782. The minimum absolute atomic E-state index is 0.0690. The maximum absolute atomic E-state index is 13.0. The van der Waals surface area contributed by atoms with Gasteiger partial charge in [-0.3, -0.25) is 9.89 Å². The number of hydrogen-bond acceptors (Lipinski definition) is 1. The molecule has 0 fully saturated rings. The van der Waals surface area contributed by atoms with Crippen LogP contribution in [0.25, 0.3) is 11.1 Å². The van der Waals surface area contributed by atoms with Gasteiger partial charge in [0.2, 0.25) is 0 Å². The smallest absolute Gasteiger partial charge is 0.275 e. The van der Waals surface area contributed by atoms with Gasteiger partial charge in [-0.05, 0) is 37.1 Å². The van der Waals surface area contributed by atoms with Crippen molar-refractivity contribution in [3.63, 3.8) is 0 Å². The van der Waals surface area contributed by atoms with Crippen molar-refractivity contribution in [1.29, 1.82) is 0 Å². The number of aryl methyl sites for hydroxylation is 1. The van der Waals surface area contributed by atoms with Gasteiger partial charge < -0.3 is 0 Å². The molecule has 1 atom stereocenters. The molecule has 0 aliphatic heterocycles. The number of nitrogens with one attached hydrogen (secondary N) is 1. The molecule has 1 heterocycles. The molecule has 0 radical (unpaired) electrons. The third-order valence-electron chi connectivity index (χ3n) is 3.90. The molecular formula is C18H17FN2O. The summed E-state index contributed by atoms with van der Waals surface area (Å²) in [5, 5.41) is 3.13. The molecule has 0 aliphatic rings. The second-order valence-corrected chi connectivity index (χ2v) is 5.38. The fourth-order valence-electron chi connectivity index (χ4n) is 2.68. The fourth-order valence-corrected chi connectivity index (χ4v) is 2.68. The molecule has 0 spiro atoms. The topological polar surface area (TPSA) is 37.8 Å². The summed E-state index contributed by atoms with van der Waals surface area (Å²) >= 11 is 0. The first-order valence-corrected chi connectivity index (χ1v) is 7.20. The molecule has 1 unspecified atom stereocenters. The van der Waals surface area contributed by atoms with E-state index >= 15 is 0 Å². The molecule has 22 heavy (non-hydrogen) atoms. The predicted molar refractivity (Wildman–Crippen MR) is 85.4 cm³/mol. The molecule has 0 saturated carbocycles. The molecular weight excluding hydrogens is 279 g/mol. The van der Waals surface area contributed by atoms with Crippen molar-refractivity contribution in [1.82, 2.24) is 9.78 Å². The Labute approximate surface area is 128 Å². The maximum Gasteiger partial charge on any atom is 0.275 e. The third-order valence-corrected chi connectivity index (χ3v) is 3.90. The molecule has 4 heteroatoms. The first-order chi connectivity index (χ1) is 10.6. The van der Waals surface area contributed by atoms with Crippen LogP contribution >= 0.6 is 0 Å². The van der Waals surface area contributed by atoms with E-state index in [4.69, 9.17) is 0 Å². The number of benzene rings is 2. The second kappa shape index (κ2) is 5.64. The molecule has 3 aromatic rings. The van der Waals surface area contributed by atoms with Crippen molar-refractivity contribution in [2.45, 2.75) is 19.9 Å². The lowest BCUT2D eigenvalue weighted by Gasteiger charge is -2.12. The van der Waals surface area contributed by atoms with Crippen molar-refractivity contribution in [2.24, 2.45) is 0 Å². The highest BCUT2D eigenvalue weighted by atomic mass is 19.1. The average molecular weight is 296 g/mol. The lowest BCUT2D eigenvalue weighted by Crippen LogP contribution is -2.22. The van der Waals surface area contributed by atoms with Crippen LogP contribution in [0.5, 0.6) is 0 Å². The summed E-state index contributed by atoms with van der Waals surface area (Å²) in [5.74, 6) is -0.282. The monoisotopic (exact) mass is 296 g/mol. The van der Waals surface area contributed by atoms with Gasteiger partial charge in [0.1, 0.15) is 5.82 Å². The van der Waals surface area contributed by atoms with Crippen LogP contribution in [-0.2, 0) is 0 Å². The standard InChI is InChI=1S/C18H17FN2O/c1-12-17(15-6-4-3-5-7-15)18(22)21(20-12)13(2)14-8-10-16(19)11-9-14/h3-11,13,20H,1-2H3. The van der Waals surface area contributed by atoms with Crippen molar-refractivity contribution in [3.05, 3.63) is 82.0 Å². The first kappa shape index (κ1) is 14.3. The van der Waals surface area contributed by atoms with E-state index in [0.717, 1.165) is 16.8 Å². The van der Waals surface area contributed by atoms with Crippen molar-refractivity contribution in [3.8, 4) is 11.1 Å². The largest absolute Gasteiger partial charge is 0.299 e. The average Bonchev–Trinajstić information content (AvgIpc) is 2.83. The molecule has 0 amide bonds. The minimum Gasteiger partial charge on any atom is -0.299 e. The Bertz CT molecular complexity index is 832. The number of halogens is 1. The summed E-state index contributed by atoms with van der Waals surface area (Å²) in [6.07, 6.45) is 0. The van der Waals surface area contributed by atoms with E-state index in [1.807, 2.05) is 44.2 Å². The fraction of sp³-hybridized carbons (Fsp3) is 0.167. The van der Waals surface area contributed by atoms with Crippen LogP contribution in [0.15, 0.2) is 59.4 Å². The van der Waals surface area contributed by atoms with Gasteiger partial charge >= 0.3 is 0 Å². The summed E-state index contributed by atoms with van der Waals surface area (Å²) in [5.41, 5.74) is 3.20. The lowest BCUT2D eigenvalue weighted by molar-refractivity contribution is 0.542. The molecule has 0 bridgehead atoms. The van der Waals surface area contributed by atoms with E-state index < -0.39 is 0 Å². The first-order valence-electron chi connectivity index (χ1n) is 7.20. The second-order valence-electron chi connectivity index (χ2n) is 5.38. The van der Waals surface area contributed by atoms with Gasteiger partial charge in [-0.1, -0.05) is 42.5 Å². The van der Waals surface area contributed by atoms with Crippen LogP contribution in [0.2, 0.25) is 0 Å². The summed E-state index contributed by atoms with van der Waals surface area (Å²) in [7, 11) is 0. The van der Waals surface area contributed by atoms with Crippen LogP contribution in [0.1, 0.15) is 24.2 Å². The summed E-state index contributed by atoms with van der Waals surface area (Å²) < 4.78 is 14.6. The summed E-state index contributed by atoms with van der Waals surface area (Å²) in [4.78, 5) is 12.7. The highest BCUT2D eigenvalue weighted by Gasteiger charge is 2.17. The van der Waals surface area contributed by atoms with E-state index in [2.05, 4.69) is 5.10 Å². The van der Waals surface area contributed by atoms with Gasteiger partial charge in [0, 0.05) is 5.69 Å². The molecule has 112 valence electrons. The maximum atomic E-state index is 13.0. The third kappa shape index (κ3) is 2.48. The molecule has 1 aromatic heterocycles. The molecule has 3 rings (SSSR count). The van der Waals surface area contributed by atoms with E-state index in [1.54, 1.807) is 16.8 Å². The number of hydrogen-bond donors (Lipinski definition) is 1. The Morgan fingerprint density at radius 3 is 2.32 bits per heavy atom. The van der Waals surface area contributed by atoms with Gasteiger partial charge in [0.25, 0.3) is 5.56 Å². The Balaban J connectivity index is 2.06. The predicted octanol–water partition coefficient (Wildman–Crippen LogP) is 3.90. The SMILES string of the molecule is Cc1[nH]n(C(C)c2ccc(F)cc2)c(=O)c1-c1ccccc1. The van der Waals surface area contributed by atoms with Crippen LogP contribution in [0.4, 0.5) is 4.39 Å². The highest BCUT2D eigenvalue weighted by Crippen LogP contribution is 2.22. The number of rotatable bonds is 3. The van der Waals surface area contributed by atoms with Crippen molar-refractivity contribution < 1.29 is 4.39 Å². The Kier molecular flexibility index (Phi) is 3.67. The summed E-state index contributed by atoms with van der Waals surface area (Å²) in [6.45, 7) is 3.80. The zero-order chi connectivity index (χ0) is 15.7. The van der Waals surface area contributed by atoms with Gasteiger partial charge in [-0.15, -0.1) is 0 Å². The number of aromatic nitrogens is 2. The van der Waals surface area contributed by atoms with E-state index in [9.17, 15) is 9.18 Å². The van der Waals surface area contributed by atoms with E-state index in [0.29, 0.717) is 5.56 Å². The van der Waals surface area contributed by atoms with Crippen LogP contribution < -0.4 is 5.56 Å². The normalized spacial score (nSPS) is 12.3. The zero-order valence-electron chi connectivity index (χ0n) is 12.5. The highest BCUT2D eigenvalue weighted by molar-refractivity contribution is 5.64. The minimum atomic E-state index is -0.282. The molecule has 1 N–H and O–H groups in total. The molecule has 0 saturated heterocycles. The Morgan fingerprint density at radius 2 is 1.68 bits per heavy atom. The summed E-state index contributed by atoms with van der Waals surface area (Å²) in [6, 6.07) is 15.6. The Morgan fingerprint density at radius 1 is 1.05 bits per heavy atom. The van der Waals surface area contributed by atoms with Crippen molar-refractivity contribution in [2.75, 3.05) is 0 Å².